The number of nitrogens with two attached hydrogens (primary N) is 1. The molecular weight excluding hydrogens is 500 g/mol. The molecule has 8 nitrogen and oxygen atoms in total. The normalized spacial score (nSPS) is 17.9. The van der Waals surface area contributed by atoms with E-state index in [0.717, 1.165) is 71.2 Å². The summed E-state index contributed by atoms with van der Waals surface area (Å²) < 4.78 is 27.7. The Morgan fingerprint density at radius 3 is 2.53 bits per heavy atom. The summed E-state index contributed by atoms with van der Waals surface area (Å²) >= 11 is 0. The number of aliphatic hydroxyl groups excluding tert-OH is 1. The summed E-state index contributed by atoms with van der Waals surface area (Å²) in [6.45, 7) is 4.05. The van der Waals surface area contributed by atoms with Crippen LogP contribution in [0.25, 0.3) is 22.0 Å². The lowest BCUT2D eigenvalue weighted by molar-refractivity contribution is -0.117. The zero-order valence-corrected chi connectivity index (χ0v) is 22.7. The molecule has 0 bridgehead atoms. The van der Waals surface area contributed by atoms with Gasteiger partial charge in [0.25, 0.3) is 0 Å². The molecule has 204 valence electrons. The topological polar surface area (TPSA) is 120 Å². The van der Waals surface area contributed by atoms with Gasteiger partial charge in [-0.1, -0.05) is 18.2 Å². The van der Waals surface area contributed by atoms with E-state index in [4.69, 9.17) is 5.73 Å². The molecule has 2 aliphatic rings. The second kappa shape index (κ2) is 11.6. The number of aliphatic hydroxyl groups is 1. The van der Waals surface area contributed by atoms with Gasteiger partial charge in [-0.3, -0.25) is 4.79 Å². The number of rotatable bonds is 10. The van der Waals surface area contributed by atoms with Crippen LogP contribution in [-0.2, 0) is 27.8 Å². The molecule has 2 fully saturated rings. The Morgan fingerprint density at radius 1 is 1.05 bits per heavy atom. The van der Waals surface area contributed by atoms with E-state index in [1.54, 1.807) is 4.31 Å². The highest BCUT2D eigenvalue weighted by Crippen LogP contribution is 2.37. The Morgan fingerprint density at radius 2 is 1.82 bits per heavy atom. The number of hydrogen-bond donors (Lipinski definition) is 3. The smallest absolute Gasteiger partial charge is 0.221 e. The van der Waals surface area contributed by atoms with Crippen LogP contribution in [0.4, 0.5) is 0 Å². The number of aromatic amines is 1. The molecule has 38 heavy (non-hydrogen) atoms. The van der Waals surface area contributed by atoms with Crippen LogP contribution in [0.5, 0.6) is 0 Å². The highest BCUT2D eigenvalue weighted by molar-refractivity contribution is 7.89. The van der Waals surface area contributed by atoms with Crippen LogP contribution in [0.3, 0.4) is 0 Å². The van der Waals surface area contributed by atoms with Crippen molar-refractivity contribution in [2.45, 2.75) is 51.0 Å². The van der Waals surface area contributed by atoms with Gasteiger partial charge < -0.3 is 20.7 Å². The minimum atomic E-state index is -3.25. The van der Waals surface area contributed by atoms with Crippen LogP contribution >= 0.6 is 0 Å². The maximum Gasteiger partial charge on any atom is 0.221 e. The zero-order valence-electron chi connectivity index (χ0n) is 21.9. The van der Waals surface area contributed by atoms with Crippen molar-refractivity contribution in [3.8, 4) is 11.1 Å². The highest BCUT2D eigenvalue weighted by Gasteiger charge is 2.30. The second-order valence-electron chi connectivity index (χ2n) is 10.7. The molecule has 1 aromatic heterocycles. The summed E-state index contributed by atoms with van der Waals surface area (Å²) in [6.07, 6.45) is 6.77. The number of sulfonamides is 1. The summed E-state index contributed by atoms with van der Waals surface area (Å²) in [7, 11) is -3.25. The number of H-pyrrole nitrogens is 1. The first kappa shape index (κ1) is 26.9. The molecule has 2 aromatic carbocycles. The maximum atomic E-state index is 13.0. The number of carbonyl (C=O) groups is 1. The van der Waals surface area contributed by atoms with E-state index in [0.29, 0.717) is 19.5 Å². The third-order valence-corrected chi connectivity index (χ3v) is 10.0. The van der Waals surface area contributed by atoms with Gasteiger partial charge in [0.15, 0.2) is 0 Å². The quantitative estimate of drug-likeness (QED) is 0.366. The molecule has 2 saturated heterocycles. The number of amides is 1. The molecule has 0 radical (unpaired) electrons. The molecule has 0 atom stereocenters. The molecule has 0 spiro atoms. The molecule has 5 rings (SSSR count). The Bertz CT molecular complexity index is 1390. The summed E-state index contributed by atoms with van der Waals surface area (Å²) in [4.78, 5) is 17.6. The fourth-order valence-corrected chi connectivity index (χ4v) is 7.58. The Hall–Kier alpha value is -2.72. The highest BCUT2D eigenvalue weighted by atomic mass is 32.2. The third kappa shape index (κ3) is 5.96. The van der Waals surface area contributed by atoms with Gasteiger partial charge >= 0.3 is 0 Å². The number of fused-ring (bicyclic) bond motifs is 1. The van der Waals surface area contributed by atoms with E-state index in [1.807, 2.05) is 36.5 Å². The number of primary amides is 1. The average molecular weight is 539 g/mol. The van der Waals surface area contributed by atoms with Gasteiger partial charge in [0.2, 0.25) is 15.9 Å². The predicted octanol–water partition coefficient (Wildman–Crippen LogP) is 3.35. The molecule has 9 heteroatoms. The van der Waals surface area contributed by atoms with Crippen molar-refractivity contribution in [2.24, 2.45) is 5.73 Å². The summed E-state index contributed by atoms with van der Waals surface area (Å²) in [5.41, 5.74) is 11.2. The molecule has 4 N–H and O–H groups in total. The van der Waals surface area contributed by atoms with E-state index in [9.17, 15) is 18.3 Å². The number of carbonyl (C=O) groups excluding carboxylic acids is 1. The largest absolute Gasteiger partial charge is 0.392 e. The maximum absolute atomic E-state index is 13.0. The van der Waals surface area contributed by atoms with Crippen LogP contribution in [0, 0.1) is 0 Å². The fourth-order valence-electron chi connectivity index (χ4n) is 6.06. The summed E-state index contributed by atoms with van der Waals surface area (Å²) in [6, 6.07) is 11.9. The standard InChI is InChI=1S/C29H38N4O4S/c30-28(35)18-25-16-24(23-6-3-5-21(15-23)20-34)17-26-27(19-31-29(25)26)22-7-12-33(13-8-22)38(36,37)14-4-11-32-9-1-2-10-32/h3,5-6,15-17,19,22,31,34H,1-2,4,7-14,18,20H2,(H2,30,35). The van der Waals surface area contributed by atoms with E-state index in [2.05, 4.69) is 16.0 Å². The van der Waals surface area contributed by atoms with E-state index in [1.165, 1.54) is 12.8 Å². The molecule has 2 aliphatic heterocycles. The van der Waals surface area contributed by atoms with Crippen LogP contribution < -0.4 is 5.73 Å². The van der Waals surface area contributed by atoms with Crippen LogP contribution in [-0.4, -0.2) is 72.1 Å². The van der Waals surface area contributed by atoms with Crippen molar-refractivity contribution in [2.75, 3.05) is 38.5 Å². The van der Waals surface area contributed by atoms with Gasteiger partial charge in [-0.15, -0.1) is 0 Å². The van der Waals surface area contributed by atoms with Crippen LogP contribution in [0.1, 0.15) is 54.7 Å². The van der Waals surface area contributed by atoms with E-state index in [-0.39, 0.29) is 24.7 Å². The van der Waals surface area contributed by atoms with Gasteiger partial charge in [0, 0.05) is 30.2 Å². The summed E-state index contributed by atoms with van der Waals surface area (Å²) in [5, 5.41) is 10.6. The lowest BCUT2D eigenvalue weighted by Gasteiger charge is -2.31. The van der Waals surface area contributed by atoms with Crippen molar-refractivity contribution in [3.05, 3.63) is 59.3 Å². The minimum absolute atomic E-state index is 0.0423. The molecule has 0 aliphatic carbocycles. The fraction of sp³-hybridized carbons (Fsp3) is 0.483. The Kier molecular flexibility index (Phi) is 8.18. The number of benzene rings is 2. The number of nitrogens with zero attached hydrogens (tertiary/aromatic N) is 2. The Balaban J connectivity index is 1.34. The van der Waals surface area contributed by atoms with Gasteiger partial charge in [-0.25, -0.2) is 12.7 Å². The third-order valence-electron chi connectivity index (χ3n) is 8.07. The van der Waals surface area contributed by atoms with Gasteiger partial charge in [0.05, 0.1) is 18.8 Å². The molecule has 1 amide bonds. The number of aromatic nitrogens is 1. The minimum Gasteiger partial charge on any atom is -0.392 e. The first-order valence-corrected chi connectivity index (χ1v) is 15.3. The molecular formula is C29H38N4O4S. The lowest BCUT2D eigenvalue weighted by atomic mass is 9.88. The first-order chi connectivity index (χ1) is 18.3. The van der Waals surface area contributed by atoms with Crippen LogP contribution in [0.2, 0.25) is 0 Å². The molecule has 3 heterocycles. The Labute approximate surface area is 224 Å². The van der Waals surface area contributed by atoms with Crippen molar-refractivity contribution in [1.82, 2.24) is 14.2 Å². The SMILES string of the molecule is NC(=O)Cc1cc(-c2cccc(CO)c2)cc2c(C3CCN(S(=O)(=O)CCCN4CCCC4)CC3)c[nH]c12. The summed E-state index contributed by atoms with van der Waals surface area (Å²) in [5.74, 6) is 0.0424. The number of hydrogen-bond acceptors (Lipinski definition) is 5. The predicted molar refractivity (Wildman–Crippen MR) is 150 cm³/mol. The van der Waals surface area contributed by atoms with E-state index < -0.39 is 15.9 Å². The zero-order chi connectivity index (χ0) is 26.7. The number of nitrogens with one attached hydrogen (secondary N) is 1. The molecule has 3 aromatic rings. The number of likely N-dealkylation sites (tertiary alicyclic amines) is 1. The van der Waals surface area contributed by atoms with Gasteiger partial charge in [-0.2, -0.15) is 0 Å². The van der Waals surface area contributed by atoms with E-state index >= 15 is 0 Å². The van der Waals surface area contributed by atoms with Crippen molar-refractivity contribution in [3.63, 3.8) is 0 Å². The monoisotopic (exact) mass is 538 g/mol. The van der Waals surface area contributed by atoms with Gasteiger partial charge in [0.1, 0.15) is 0 Å². The van der Waals surface area contributed by atoms with Crippen molar-refractivity contribution >= 4 is 26.8 Å². The van der Waals surface area contributed by atoms with Crippen LogP contribution in [0.15, 0.2) is 42.6 Å². The average Bonchev–Trinajstić information content (AvgIpc) is 3.59. The molecule has 0 unspecified atom stereocenters. The molecule has 0 saturated carbocycles. The van der Waals surface area contributed by atoms with Gasteiger partial charge in [-0.05, 0) is 104 Å². The lowest BCUT2D eigenvalue weighted by Crippen LogP contribution is -2.39. The van der Waals surface area contributed by atoms with Crippen molar-refractivity contribution in [1.29, 1.82) is 0 Å². The second-order valence-corrected chi connectivity index (χ2v) is 12.8. The number of piperidine rings is 1. The first-order valence-electron chi connectivity index (χ1n) is 13.7. The van der Waals surface area contributed by atoms with Crippen molar-refractivity contribution < 1.29 is 18.3 Å².